The summed E-state index contributed by atoms with van der Waals surface area (Å²) in [7, 11) is 0. The van der Waals surface area contributed by atoms with Crippen LogP contribution < -0.4 is 5.32 Å². The van der Waals surface area contributed by atoms with E-state index in [0.29, 0.717) is 10.1 Å². The first kappa shape index (κ1) is 15.3. The van der Waals surface area contributed by atoms with Crippen molar-refractivity contribution in [3.8, 4) is 0 Å². The molecule has 0 saturated heterocycles. The number of rotatable bonds is 3. The zero-order valence-electron chi connectivity index (χ0n) is 11.4. The molecule has 0 spiro atoms. The molecule has 4 nitrogen and oxygen atoms in total. The van der Waals surface area contributed by atoms with Crippen LogP contribution in [0, 0.1) is 10.1 Å². The van der Waals surface area contributed by atoms with Crippen molar-refractivity contribution in [1.82, 2.24) is 0 Å². The first-order chi connectivity index (χ1) is 10.9. The number of anilines is 2. The van der Waals surface area contributed by atoms with Crippen molar-refractivity contribution in [1.29, 1.82) is 0 Å². The predicted octanol–water partition coefficient (Wildman–Crippen LogP) is 5.57. The van der Waals surface area contributed by atoms with Gasteiger partial charge < -0.3 is 5.32 Å². The zero-order chi connectivity index (χ0) is 16.6. The molecule has 118 valence electrons. The molecule has 8 heteroatoms. The molecular weight excluding hydrogens is 330 g/mol. The second-order valence-electron chi connectivity index (χ2n) is 4.74. The van der Waals surface area contributed by atoms with Crippen LogP contribution in [-0.4, -0.2) is 4.92 Å². The topological polar surface area (TPSA) is 55.2 Å². The highest BCUT2D eigenvalue weighted by Gasteiger charge is 2.30. The summed E-state index contributed by atoms with van der Waals surface area (Å²) in [5.41, 5.74) is -0.467. The summed E-state index contributed by atoms with van der Waals surface area (Å²) < 4.78 is 39.0. The Morgan fingerprint density at radius 3 is 2.52 bits per heavy atom. The second-order valence-corrected chi connectivity index (χ2v) is 5.77. The van der Waals surface area contributed by atoms with Gasteiger partial charge in [-0.25, -0.2) is 0 Å². The lowest BCUT2D eigenvalue weighted by atomic mass is 10.2. The SMILES string of the molecule is O=[N+]([O-])[13c]1sc2ccccc2c1Nc1cccc(C(F)(F)F)c1. The Labute approximate surface area is 132 Å². The van der Waals surface area contributed by atoms with Crippen LogP contribution in [0.5, 0.6) is 0 Å². The molecule has 0 aliphatic heterocycles. The number of halogens is 3. The first-order valence-corrected chi connectivity index (χ1v) is 7.28. The third-order valence-corrected chi connectivity index (χ3v) is 4.32. The molecule has 0 aliphatic carbocycles. The van der Waals surface area contributed by atoms with Crippen LogP contribution in [0.2, 0.25) is 0 Å². The summed E-state index contributed by atoms with van der Waals surface area (Å²) in [4.78, 5) is 10.7. The molecule has 0 amide bonds. The van der Waals surface area contributed by atoms with E-state index in [0.717, 1.165) is 23.5 Å². The maximum atomic E-state index is 12.8. The quantitative estimate of drug-likeness (QED) is 0.501. The van der Waals surface area contributed by atoms with E-state index in [4.69, 9.17) is 0 Å². The highest BCUT2D eigenvalue weighted by atomic mass is 32.1. The summed E-state index contributed by atoms with van der Waals surface area (Å²) in [6.45, 7) is 0. The minimum atomic E-state index is -4.47. The lowest BCUT2D eigenvalue weighted by molar-refractivity contribution is -0.379. The molecule has 23 heavy (non-hydrogen) atoms. The fourth-order valence-corrected chi connectivity index (χ4v) is 3.17. The first-order valence-electron chi connectivity index (χ1n) is 6.46. The Hall–Kier alpha value is -2.61. The maximum Gasteiger partial charge on any atom is 0.416 e. The molecule has 0 atom stereocenters. The molecule has 0 saturated carbocycles. The van der Waals surface area contributed by atoms with Crippen molar-refractivity contribution in [3.63, 3.8) is 0 Å². The van der Waals surface area contributed by atoms with Gasteiger partial charge in [-0.05, 0) is 24.3 Å². The standard InChI is InChI=1S/C15H9F3N2O2S/c16-15(17,18)9-4-3-5-10(8-9)19-13-11-6-1-2-7-12(11)23-14(13)20(21)22/h1-8,19H/i14+1. The molecular formula is C15H9F3N2O2S. The van der Waals surface area contributed by atoms with Crippen LogP contribution in [0.15, 0.2) is 48.5 Å². The highest BCUT2D eigenvalue weighted by Crippen LogP contribution is 2.43. The van der Waals surface area contributed by atoms with Crippen LogP contribution in [0.25, 0.3) is 10.1 Å². The van der Waals surface area contributed by atoms with Gasteiger partial charge in [0.1, 0.15) is 5.69 Å². The minimum Gasteiger partial charge on any atom is -0.349 e. The summed E-state index contributed by atoms with van der Waals surface area (Å²) in [6.07, 6.45) is -4.47. The van der Waals surface area contributed by atoms with Gasteiger partial charge in [0, 0.05) is 15.8 Å². The smallest absolute Gasteiger partial charge is 0.349 e. The Bertz CT molecular complexity index is 890. The number of thiophene rings is 1. The Kier molecular flexibility index (Phi) is 3.69. The van der Waals surface area contributed by atoms with Gasteiger partial charge in [0.05, 0.1) is 10.5 Å². The van der Waals surface area contributed by atoms with E-state index in [1.807, 2.05) is 0 Å². The number of fused-ring (bicyclic) bond motifs is 1. The van der Waals surface area contributed by atoms with Gasteiger partial charge in [-0.15, -0.1) is 0 Å². The molecule has 1 heterocycles. The highest BCUT2D eigenvalue weighted by molar-refractivity contribution is 7.23. The number of benzene rings is 2. The van der Waals surface area contributed by atoms with Crippen molar-refractivity contribution >= 4 is 37.8 Å². The van der Waals surface area contributed by atoms with Crippen LogP contribution in [-0.2, 0) is 6.18 Å². The van der Waals surface area contributed by atoms with Crippen molar-refractivity contribution in [2.45, 2.75) is 6.18 Å². The molecule has 0 fully saturated rings. The van der Waals surface area contributed by atoms with Crippen LogP contribution in [0.4, 0.5) is 29.5 Å². The van der Waals surface area contributed by atoms with Gasteiger partial charge in [-0.2, -0.15) is 13.2 Å². The summed E-state index contributed by atoms with van der Waals surface area (Å²) >= 11 is 0.977. The van der Waals surface area contributed by atoms with E-state index >= 15 is 0 Å². The molecule has 3 aromatic rings. The third-order valence-electron chi connectivity index (χ3n) is 3.20. The summed E-state index contributed by atoms with van der Waals surface area (Å²) in [6, 6.07) is 11.4. The fraction of sp³-hybridized carbons (Fsp3) is 0.0667. The zero-order valence-corrected chi connectivity index (χ0v) is 12.2. The lowest BCUT2D eigenvalue weighted by Crippen LogP contribution is -2.05. The van der Waals surface area contributed by atoms with E-state index in [1.54, 1.807) is 24.3 Å². The van der Waals surface area contributed by atoms with Gasteiger partial charge in [0.25, 0.3) is 0 Å². The maximum absolute atomic E-state index is 12.8. The van der Waals surface area contributed by atoms with Gasteiger partial charge in [-0.1, -0.05) is 35.6 Å². The average molecular weight is 339 g/mol. The van der Waals surface area contributed by atoms with Crippen LogP contribution >= 0.6 is 11.3 Å². The van der Waals surface area contributed by atoms with Crippen molar-refractivity contribution in [2.24, 2.45) is 0 Å². The van der Waals surface area contributed by atoms with Crippen molar-refractivity contribution < 1.29 is 18.1 Å². The summed E-state index contributed by atoms with van der Waals surface area (Å²) in [5.74, 6) is 0. The van der Waals surface area contributed by atoms with E-state index in [2.05, 4.69) is 5.32 Å². The third kappa shape index (κ3) is 2.98. The van der Waals surface area contributed by atoms with E-state index in [1.165, 1.54) is 12.1 Å². The van der Waals surface area contributed by atoms with E-state index in [-0.39, 0.29) is 16.4 Å². The van der Waals surface area contributed by atoms with Crippen LogP contribution in [0.3, 0.4) is 0 Å². The fourth-order valence-electron chi connectivity index (χ4n) is 2.20. The molecule has 0 unspecified atom stereocenters. The Morgan fingerprint density at radius 2 is 1.83 bits per heavy atom. The monoisotopic (exact) mass is 339 g/mol. The molecule has 3 rings (SSSR count). The number of nitrogens with one attached hydrogen (secondary N) is 1. The van der Waals surface area contributed by atoms with Gasteiger partial charge >= 0.3 is 11.2 Å². The molecule has 0 aliphatic rings. The van der Waals surface area contributed by atoms with Gasteiger partial charge in [-0.3, -0.25) is 10.1 Å². The van der Waals surface area contributed by atoms with Gasteiger partial charge in [0.2, 0.25) is 0 Å². The van der Waals surface area contributed by atoms with Crippen molar-refractivity contribution in [2.75, 3.05) is 5.32 Å². The average Bonchev–Trinajstić information content (AvgIpc) is 2.86. The van der Waals surface area contributed by atoms with Gasteiger partial charge in [0.15, 0.2) is 0 Å². The van der Waals surface area contributed by atoms with E-state index in [9.17, 15) is 23.3 Å². The predicted molar refractivity (Wildman–Crippen MR) is 83.2 cm³/mol. The molecule has 0 bridgehead atoms. The van der Waals surface area contributed by atoms with E-state index < -0.39 is 16.7 Å². The molecule has 2 aromatic carbocycles. The van der Waals surface area contributed by atoms with Crippen molar-refractivity contribution in [3.05, 3.63) is 64.2 Å². The number of nitrogens with zero attached hydrogens (tertiary/aromatic N) is 1. The Morgan fingerprint density at radius 1 is 1.09 bits per heavy atom. The minimum absolute atomic E-state index is 0.136. The number of alkyl halides is 3. The largest absolute Gasteiger partial charge is 0.416 e. The lowest BCUT2D eigenvalue weighted by Gasteiger charge is -2.10. The molecule has 1 aromatic heterocycles. The molecule has 1 N–H and O–H groups in total. The normalized spacial score (nSPS) is 11.6. The summed E-state index contributed by atoms with van der Waals surface area (Å²) in [5, 5.41) is 14.4. The van der Waals surface area contributed by atoms with Crippen LogP contribution in [0.1, 0.15) is 5.56 Å². The Balaban J connectivity index is 2.08. The number of hydrogen-bond acceptors (Lipinski definition) is 4. The number of nitro groups is 1. The molecule has 0 radical (unpaired) electrons. The number of hydrogen-bond donors (Lipinski definition) is 1. The second kappa shape index (κ2) is 5.54.